The van der Waals surface area contributed by atoms with Gasteiger partial charge < -0.3 is 4.74 Å². The van der Waals surface area contributed by atoms with Crippen LogP contribution in [0.3, 0.4) is 0 Å². The van der Waals surface area contributed by atoms with Gasteiger partial charge >= 0.3 is 0 Å². The molecule has 0 spiro atoms. The summed E-state index contributed by atoms with van der Waals surface area (Å²) in [7, 11) is 1.64. The Bertz CT molecular complexity index is 607. The average Bonchev–Trinajstić information content (AvgIpc) is 3.13. The predicted octanol–water partition coefficient (Wildman–Crippen LogP) is 2.95. The van der Waals surface area contributed by atoms with Gasteiger partial charge in [0.2, 0.25) is 0 Å². The van der Waals surface area contributed by atoms with Crippen LogP contribution in [0.25, 0.3) is 6.08 Å². The SMILES string of the molecule is COc1ccc(C=C2SC(=S)N(CN3CCCC3)C2=O)cc1. The number of hydrogen-bond acceptors (Lipinski definition) is 5. The van der Waals surface area contributed by atoms with Crippen molar-refractivity contribution in [2.75, 3.05) is 26.9 Å². The number of amides is 1. The molecule has 1 aromatic rings. The van der Waals surface area contributed by atoms with Crippen LogP contribution in [-0.4, -0.2) is 46.9 Å². The van der Waals surface area contributed by atoms with Gasteiger partial charge in [0, 0.05) is 0 Å². The smallest absolute Gasteiger partial charge is 0.267 e. The first-order chi connectivity index (χ1) is 10.7. The average molecular weight is 334 g/mol. The van der Waals surface area contributed by atoms with Gasteiger partial charge in [0.05, 0.1) is 18.7 Å². The van der Waals surface area contributed by atoms with Crippen LogP contribution in [0.4, 0.5) is 0 Å². The maximum atomic E-state index is 12.5. The van der Waals surface area contributed by atoms with Gasteiger partial charge in [0.25, 0.3) is 5.91 Å². The van der Waals surface area contributed by atoms with Gasteiger partial charge in [-0.3, -0.25) is 14.6 Å². The Kier molecular flexibility index (Phi) is 4.81. The van der Waals surface area contributed by atoms with Gasteiger partial charge in [-0.1, -0.05) is 36.1 Å². The van der Waals surface area contributed by atoms with Gasteiger partial charge in [-0.05, 0) is 49.7 Å². The number of methoxy groups -OCH3 is 1. The van der Waals surface area contributed by atoms with Crippen molar-refractivity contribution in [1.82, 2.24) is 9.80 Å². The van der Waals surface area contributed by atoms with Crippen molar-refractivity contribution in [1.29, 1.82) is 0 Å². The van der Waals surface area contributed by atoms with E-state index in [4.69, 9.17) is 17.0 Å². The number of thiocarbonyl (C=S) groups is 1. The quantitative estimate of drug-likeness (QED) is 0.624. The molecule has 0 unspecified atom stereocenters. The molecular weight excluding hydrogens is 316 g/mol. The third-order valence-corrected chi connectivity index (χ3v) is 5.21. The molecule has 6 heteroatoms. The van der Waals surface area contributed by atoms with E-state index in [9.17, 15) is 4.79 Å². The number of thioether (sulfide) groups is 1. The van der Waals surface area contributed by atoms with E-state index in [1.807, 2.05) is 30.3 Å². The fraction of sp³-hybridized carbons (Fsp3) is 0.375. The molecule has 0 saturated carbocycles. The van der Waals surface area contributed by atoms with Crippen LogP contribution >= 0.6 is 24.0 Å². The fourth-order valence-electron chi connectivity index (χ4n) is 2.60. The molecule has 1 aromatic carbocycles. The highest BCUT2D eigenvalue weighted by atomic mass is 32.2. The van der Waals surface area contributed by atoms with E-state index in [1.54, 1.807) is 12.0 Å². The molecular formula is C16H18N2O2S2. The molecule has 0 aromatic heterocycles. The van der Waals surface area contributed by atoms with Crippen molar-refractivity contribution in [3.05, 3.63) is 34.7 Å². The molecule has 2 aliphatic heterocycles. The topological polar surface area (TPSA) is 32.8 Å². The lowest BCUT2D eigenvalue weighted by Crippen LogP contribution is -2.38. The van der Waals surface area contributed by atoms with E-state index in [-0.39, 0.29) is 5.91 Å². The zero-order valence-electron chi connectivity index (χ0n) is 12.4. The molecule has 2 fully saturated rings. The van der Waals surface area contributed by atoms with Gasteiger partial charge in [0.15, 0.2) is 0 Å². The lowest BCUT2D eigenvalue weighted by Gasteiger charge is -2.22. The van der Waals surface area contributed by atoms with Crippen molar-refractivity contribution < 1.29 is 9.53 Å². The van der Waals surface area contributed by atoms with E-state index >= 15 is 0 Å². The van der Waals surface area contributed by atoms with Crippen LogP contribution in [0.2, 0.25) is 0 Å². The molecule has 2 aliphatic rings. The Labute approximate surface area is 140 Å². The first-order valence-corrected chi connectivity index (χ1v) is 8.51. The number of ether oxygens (including phenoxy) is 1. The number of carbonyl (C=O) groups is 1. The van der Waals surface area contributed by atoms with Crippen molar-refractivity contribution in [2.24, 2.45) is 0 Å². The number of rotatable bonds is 4. The Morgan fingerprint density at radius 2 is 1.95 bits per heavy atom. The van der Waals surface area contributed by atoms with Crippen molar-refractivity contribution in [3.8, 4) is 5.75 Å². The van der Waals surface area contributed by atoms with Crippen molar-refractivity contribution in [3.63, 3.8) is 0 Å². The second-order valence-corrected chi connectivity index (χ2v) is 7.03. The van der Waals surface area contributed by atoms with E-state index in [2.05, 4.69) is 4.90 Å². The Morgan fingerprint density at radius 1 is 1.27 bits per heavy atom. The molecule has 2 saturated heterocycles. The predicted molar refractivity (Wildman–Crippen MR) is 93.7 cm³/mol. The van der Waals surface area contributed by atoms with Crippen LogP contribution in [0.15, 0.2) is 29.2 Å². The van der Waals surface area contributed by atoms with Gasteiger partial charge in [-0.25, -0.2) is 0 Å². The summed E-state index contributed by atoms with van der Waals surface area (Å²) >= 11 is 6.75. The summed E-state index contributed by atoms with van der Waals surface area (Å²) in [5, 5.41) is 0. The summed E-state index contributed by atoms with van der Waals surface area (Å²) in [6.07, 6.45) is 4.30. The lowest BCUT2D eigenvalue weighted by atomic mass is 10.2. The van der Waals surface area contributed by atoms with Crippen LogP contribution < -0.4 is 4.74 Å². The molecule has 22 heavy (non-hydrogen) atoms. The van der Waals surface area contributed by atoms with Crippen LogP contribution in [0.1, 0.15) is 18.4 Å². The first kappa shape index (κ1) is 15.5. The number of benzene rings is 1. The monoisotopic (exact) mass is 334 g/mol. The Balaban J connectivity index is 1.72. The standard InChI is InChI=1S/C16H18N2O2S2/c1-20-13-6-4-12(5-7-13)10-14-15(19)18(16(21)22-14)11-17-8-2-3-9-17/h4-7,10H,2-3,8-9,11H2,1H3. The third-order valence-electron chi connectivity index (χ3n) is 3.83. The number of carbonyl (C=O) groups excluding carboxylic acids is 1. The van der Waals surface area contributed by atoms with Crippen LogP contribution in [0.5, 0.6) is 5.75 Å². The summed E-state index contributed by atoms with van der Waals surface area (Å²) in [6.45, 7) is 2.72. The molecule has 0 atom stereocenters. The van der Waals surface area contributed by atoms with E-state index in [1.165, 1.54) is 24.6 Å². The summed E-state index contributed by atoms with van der Waals surface area (Å²) in [4.78, 5) is 17.2. The third kappa shape index (κ3) is 3.34. The minimum atomic E-state index is 0.0118. The van der Waals surface area contributed by atoms with E-state index < -0.39 is 0 Å². The molecule has 116 valence electrons. The number of nitrogens with zero attached hydrogens (tertiary/aromatic N) is 2. The molecule has 0 bridgehead atoms. The normalized spacial score (nSPS) is 21.1. The summed E-state index contributed by atoms with van der Waals surface area (Å²) in [5.74, 6) is 0.816. The maximum absolute atomic E-state index is 12.5. The van der Waals surface area contributed by atoms with Gasteiger partial charge in [-0.2, -0.15) is 0 Å². The number of likely N-dealkylation sites (tertiary alicyclic amines) is 1. The molecule has 4 nitrogen and oxygen atoms in total. The highest BCUT2D eigenvalue weighted by Crippen LogP contribution is 2.33. The summed E-state index contributed by atoms with van der Waals surface area (Å²) in [5.41, 5.74) is 0.975. The zero-order valence-corrected chi connectivity index (χ0v) is 14.1. The van der Waals surface area contributed by atoms with Gasteiger partial charge in [0.1, 0.15) is 10.1 Å². The summed E-state index contributed by atoms with van der Waals surface area (Å²) in [6, 6.07) is 7.64. The van der Waals surface area contributed by atoms with Crippen molar-refractivity contribution in [2.45, 2.75) is 12.8 Å². The fourth-order valence-corrected chi connectivity index (χ4v) is 3.84. The Morgan fingerprint density at radius 3 is 2.59 bits per heavy atom. The zero-order chi connectivity index (χ0) is 15.5. The van der Waals surface area contributed by atoms with E-state index in [0.717, 1.165) is 24.4 Å². The molecule has 3 rings (SSSR count). The van der Waals surface area contributed by atoms with Crippen LogP contribution in [-0.2, 0) is 4.79 Å². The highest BCUT2D eigenvalue weighted by molar-refractivity contribution is 8.26. The largest absolute Gasteiger partial charge is 0.497 e. The van der Waals surface area contributed by atoms with Crippen LogP contribution in [0, 0.1) is 0 Å². The minimum Gasteiger partial charge on any atom is -0.497 e. The second-order valence-electron chi connectivity index (χ2n) is 5.35. The molecule has 0 aliphatic carbocycles. The first-order valence-electron chi connectivity index (χ1n) is 7.29. The number of hydrogen-bond donors (Lipinski definition) is 0. The highest BCUT2D eigenvalue weighted by Gasteiger charge is 2.33. The second kappa shape index (κ2) is 6.81. The molecule has 0 N–H and O–H groups in total. The molecule has 1 amide bonds. The Hall–Kier alpha value is -1.37. The molecule has 0 radical (unpaired) electrons. The van der Waals surface area contributed by atoms with E-state index in [0.29, 0.717) is 15.9 Å². The molecule has 2 heterocycles. The van der Waals surface area contributed by atoms with Crippen molar-refractivity contribution >= 4 is 40.3 Å². The van der Waals surface area contributed by atoms with Gasteiger partial charge in [-0.15, -0.1) is 0 Å². The lowest BCUT2D eigenvalue weighted by molar-refractivity contribution is -0.123. The maximum Gasteiger partial charge on any atom is 0.267 e. The minimum absolute atomic E-state index is 0.0118. The summed E-state index contributed by atoms with van der Waals surface area (Å²) < 4.78 is 5.79.